The van der Waals surface area contributed by atoms with E-state index in [1.807, 2.05) is 0 Å². The number of phosphoric acid groups is 2. The second-order valence-electron chi connectivity index (χ2n) is 28.8. The minimum absolute atomic E-state index is 0.106. The van der Waals surface area contributed by atoms with E-state index in [1.165, 1.54) is 218 Å². The molecule has 0 saturated carbocycles. The van der Waals surface area contributed by atoms with E-state index < -0.39 is 97.5 Å². The van der Waals surface area contributed by atoms with Crippen molar-refractivity contribution in [1.29, 1.82) is 0 Å². The maximum absolute atomic E-state index is 13.1. The lowest BCUT2D eigenvalue weighted by molar-refractivity contribution is -0.161. The second kappa shape index (κ2) is 69.8. The average Bonchev–Trinajstić information content (AvgIpc) is 1.68. The third-order valence-corrected chi connectivity index (χ3v) is 20.5. The highest BCUT2D eigenvalue weighted by molar-refractivity contribution is 7.47. The number of ether oxygens (including phenoxy) is 4. The Kier molecular flexibility index (Phi) is 68.4. The Balaban J connectivity index is 5.21. The predicted octanol–water partition coefficient (Wildman–Crippen LogP) is 23.1. The SMILES string of the molecule is CCCCCCCCCCCCCCCCCCCCC(=O)OC[C@H](COP(=O)(O)OC[C@@H](O)COP(=O)(O)OC[C@@H](COC(=O)CCCCCCCCCC)OC(=O)CCCCCCCCCCCCC(C)C)OC(=O)CCCCCCCCCCCCCCCCC(C)CC. The van der Waals surface area contributed by atoms with Gasteiger partial charge in [-0.2, -0.15) is 0 Å². The topological polar surface area (TPSA) is 237 Å². The second-order valence-corrected chi connectivity index (χ2v) is 31.7. The smallest absolute Gasteiger partial charge is 0.462 e. The highest BCUT2D eigenvalue weighted by Crippen LogP contribution is 2.45. The van der Waals surface area contributed by atoms with Crippen molar-refractivity contribution in [2.24, 2.45) is 11.8 Å². The summed E-state index contributed by atoms with van der Waals surface area (Å²) >= 11 is 0. The van der Waals surface area contributed by atoms with Gasteiger partial charge in [-0.15, -0.1) is 0 Å². The summed E-state index contributed by atoms with van der Waals surface area (Å²) in [5, 5.41) is 10.6. The maximum Gasteiger partial charge on any atom is 0.472 e. The van der Waals surface area contributed by atoms with E-state index in [0.717, 1.165) is 108 Å². The van der Waals surface area contributed by atoms with Gasteiger partial charge in [0.15, 0.2) is 12.2 Å². The van der Waals surface area contributed by atoms with Crippen LogP contribution >= 0.6 is 15.6 Å². The number of aliphatic hydroxyl groups excluding tert-OH is 1. The first-order valence-corrected chi connectivity index (χ1v) is 43.5. The van der Waals surface area contributed by atoms with Crippen molar-refractivity contribution in [2.45, 2.75) is 426 Å². The third kappa shape index (κ3) is 70.9. The zero-order valence-electron chi connectivity index (χ0n) is 63.4. The Labute approximate surface area is 594 Å². The molecule has 0 radical (unpaired) electrons. The van der Waals surface area contributed by atoms with Crippen molar-refractivity contribution in [1.82, 2.24) is 0 Å². The van der Waals surface area contributed by atoms with E-state index in [1.54, 1.807) is 0 Å². The van der Waals surface area contributed by atoms with E-state index in [9.17, 15) is 43.2 Å². The molecule has 19 heteroatoms. The monoisotopic (exact) mass is 1420 g/mol. The average molecular weight is 1420 g/mol. The Morgan fingerprint density at radius 1 is 0.299 bits per heavy atom. The van der Waals surface area contributed by atoms with Crippen LogP contribution in [0.2, 0.25) is 0 Å². The molecule has 0 spiro atoms. The van der Waals surface area contributed by atoms with E-state index in [2.05, 4.69) is 41.5 Å². The van der Waals surface area contributed by atoms with Crippen LogP contribution < -0.4 is 0 Å². The number of esters is 4. The number of carbonyl (C=O) groups is 4. The van der Waals surface area contributed by atoms with Gasteiger partial charge in [-0.1, -0.05) is 356 Å². The van der Waals surface area contributed by atoms with Crippen molar-refractivity contribution in [3.63, 3.8) is 0 Å². The Hall–Kier alpha value is -1.94. The highest BCUT2D eigenvalue weighted by atomic mass is 31.2. The van der Waals surface area contributed by atoms with E-state index in [-0.39, 0.29) is 25.7 Å². The molecule has 0 rings (SSSR count). The number of aliphatic hydroxyl groups is 1. The molecule has 6 atom stereocenters. The van der Waals surface area contributed by atoms with Gasteiger partial charge in [-0.05, 0) is 37.5 Å². The lowest BCUT2D eigenvalue weighted by Crippen LogP contribution is -2.30. The van der Waals surface area contributed by atoms with Crippen LogP contribution in [0.3, 0.4) is 0 Å². The summed E-state index contributed by atoms with van der Waals surface area (Å²) in [6.07, 6.45) is 58.3. The zero-order chi connectivity index (χ0) is 71.4. The molecule has 0 fully saturated rings. The maximum atomic E-state index is 13.1. The molecule has 0 aliphatic carbocycles. The van der Waals surface area contributed by atoms with Crippen molar-refractivity contribution < 1.29 is 80.2 Å². The van der Waals surface area contributed by atoms with Gasteiger partial charge >= 0.3 is 39.5 Å². The summed E-state index contributed by atoms with van der Waals surface area (Å²) < 4.78 is 68.5. The molecule has 0 amide bonds. The van der Waals surface area contributed by atoms with Crippen molar-refractivity contribution in [3.8, 4) is 0 Å². The van der Waals surface area contributed by atoms with Gasteiger partial charge in [-0.25, -0.2) is 9.13 Å². The highest BCUT2D eigenvalue weighted by Gasteiger charge is 2.30. The van der Waals surface area contributed by atoms with Gasteiger partial charge in [0.25, 0.3) is 0 Å². The van der Waals surface area contributed by atoms with Crippen molar-refractivity contribution in [2.75, 3.05) is 39.6 Å². The molecular weight excluding hydrogens is 1270 g/mol. The van der Waals surface area contributed by atoms with Gasteiger partial charge in [0.05, 0.1) is 26.4 Å². The van der Waals surface area contributed by atoms with Crippen LogP contribution in [-0.4, -0.2) is 96.7 Å². The van der Waals surface area contributed by atoms with Gasteiger partial charge in [0.1, 0.15) is 19.3 Å². The van der Waals surface area contributed by atoms with Gasteiger partial charge in [0, 0.05) is 25.7 Å². The molecule has 0 aliphatic heterocycles. The molecule has 576 valence electrons. The van der Waals surface area contributed by atoms with Crippen LogP contribution in [0, 0.1) is 11.8 Å². The van der Waals surface area contributed by atoms with E-state index >= 15 is 0 Å². The molecule has 0 bridgehead atoms. The standard InChI is InChI=1S/C78H152O17P2/c1-7-10-12-14-16-18-19-20-21-22-23-24-28-31-37-43-49-55-61-76(81)89-67-74(95-77(82)62-56-50-44-38-32-29-26-25-27-30-36-41-47-53-59-71(6)9-3)69-93-97(86,87)91-65-72(79)64-90-96(84,85)92-68-73(66-88-75(80)60-54-48-42-17-15-13-11-8-2)94-78(83)63-57-51-45-39-34-33-35-40-46-52-58-70(4)5/h70-74,79H,7-69H2,1-6H3,(H,84,85)(H,86,87)/t71?,72-,73+,74+/m0/s1. The molecule has 3 N–H and O–H groups in total. The summed E-state index contributed by atoms with van der Waals surface area (Å²) in [5.74, 6) is -0.517. The lowest BCUT2D eigenvalue weighted by atomic mass is 9.99. The minimum atomic E-state index is -4.96. The zero-order valence-corrected chi connectivity index (χ0v) is 65.2. The fourth-order valence-electron chi connectivity index (χ4n) is 12.0. The van der Waals surface area contributed by atoms with Crippen LogP contribution in [0.5, 0.6) is 0 Å². The molecule has 0 saturated heterocycles. The van der Waals surface area contributed by atoms with Crippen LogP contribution in [0.25, 0.3) is 0 Å². The van der Waals surface area contributed by atoms with E-state index in [0.29, 0.717) is 25.7 Å². The van der Waals surface area contributed by atoms with Crippen LogP contribution in [0.1, 0.15) is 408 Å². The Bertz CT molecular complexity index is 1870. The first kappa shape index (κ1) is 95.1. The summed E-state index contributed by atoms with van der Waals surface area (Å²) in [6, 6.07) is 0. The predicted molar refractivity (Wildman–Crippen MR) is 395 cm³/mol. The molecule has 17 nitrogen and oxygen atoms in total. The van der Waals surface area contributed by atoms with Crippen LogP contribution in [0.15, 0.2) is 0 Å². The van der Waals surface area contributed by atoms with E-state index in [4.69, 9.17) is 37.0 Å². The number of rotatable bonds is 77. The molecular formula is C78H152O17P2. The first-order valence-electron chi connectivity index (χ1n) is 40.5. The summed E-state index contributed by atoms with van der Waals surface area (Å²) in [6.45, 7) is 9.63. The molecule has 0 aromatic rings. The number of carbonyl (C=O) groups excluding carboxylic acids is 4. The van der Waals surface area contributed by atoms with Gasteiger partial charge in [-0.3, -0.25) is 37.3 Å². The Morgan fingerprint density at radius 2 is 0.526 bits per heavy atom. The lowest BCUT2D eigenvalue weighted by Gasteiger charge is -2.21. The quantitative estimate of drug-likeness (QED) is 0.0222. The first-order chi connectivity index (χ1) is 46.9. The van der Waals surface area contributed by atoms with Gasteiger partial charge < -0.3 is 33.8 Å². The summed E-state index contributed by atoms with van der Waals surface area (Å²) in [4.78, 5) is 72.8. The number of unbranched alkanes of at least 4 members (excludes halogenated alkanes) is 46. The normalized spacial score (nSPS) is 14.2. The largest absolute Gasteiger partial charge is 0.472 e. The molecule has 0 aromatic carbocycles. The summed E-state index contributed by atoms with van der Waals surface area (Å²) in [7, 11) is -9.91. The Morgan fingerprint density at radius 3 is 0.784 bits per heavy atom. The number of phosphoric ester groups is 2. The molecule has 97 heavy (non-hydrogen) atoms. The molecule has 3 unspecified atom stereocenters. The number of hydrogen-bond acceptors (Lipinski definition) is 15. The van der Waals surface area contributed by atoms with Gasteiger partial charge in [0.2, 0.25) is 0 Å². The number of hydrogen-bond donors (Lipinski definition) is 3. The molecule has 0 aliphatic rings. The third-order valence-electron chi connectivity index (χ3n) is 18.6. The molecule has 0 aromatic heterocycles. The fraction of sp³-hybridized carbons (Fsp3) is 0.949. The van der Waals surface area contributed by atoms with Crippen molar-refractivity contribution in [3.05, 3.63) is 0 Å². The fourth-order valence-corrected chi connectivity index (χ4v) is 13.6. The minimum Gasteiger partial charge on any atom is -0.462 e. The van der Waals surface area contributed by atoms with Crippen LogP contribution in [0.4, 0.5) is 0 Å². The van der Waals surface area contributed by atoms with Crippen molar-refractivity contribution >= 4 is 39.5 Å². The summed E-state index contributed by atoms with van der Waals surface area (Å²) in [5.41, 5.74) is 0. The van der Waals surface area contributed by atoms with Crippen LogP contribution in [-0.2, 0) is 65.4 Å². The molecule has 0 heterocycles.